The zero-order chi connectivity index (χ0) is 13.9. The second kappa shape index (κ2) is 5.65. The van der Waals surface area contributed by atoms with E-state index < -0.39 is 11.5 Å². The third kappa shape index (κ3) is 2.48. The van der Waals surface area contributed by atoms with E-state index in [1.165, 1.54) is 7.11 Å². The van der Waals surface area contributed by atoms with Crippen LogP contribution in [0.2, 0.25) is 0 Å². The van der Waals surface area contributed by atoms with Crippen molar-refractivity contribution in [1.29, 1.82) is 0 Å². The average molecular weight is 272 g/mol. The van der Waals surface area contributed by atoms with Crippen LogP contribution in [0.1, 0.15) is 33.1 Å². The van der Waals surface area contributed by atoms with Crippen LogP contribution in [-0.2, 0) is 14.3 Å². The highest BCUT2D eigenvalue weighted by Crippen LogP contribution is 2.29. The number of carbonyl (C=O) groups is 2. The van der Waals surface area contributed by atoms with Gasteiger partial charge in [0, 0.05) is 6.54 Å². The van der Waals surface area contributed by atoms with Gasteiger partial charge in [0.2, 0.25) is 5.91 Å². The summed E-state index contributed by atoms with van der Waals surface area (Å²) in [5.41, 5.74) is 4.79. The zero-order valence-corrected chi connectivity index (χ0v) is 11.9. The normalized spacial score (nSPS) is 22.4. The number of carbonyl (C=O) groups excluding carboxylic acids is 2. The summed E-state index contributed by atoms with van der Waals surface area (Å²) in [6.45, 7) is 4.14. The van der Waals surface area contributed by atoms with Crippen molar-refractivity contribution in [2.24, 2.45) is 11.1 Å². The molecule has 2 N–H and O–H groups in total. The molecule has 1 aliphatic heterocycles. The van der Waals surface area contributed by atoms with Crippen molar-refractivity contribution in [2.75, 3.05) is 13.7 Å². The number of likely N-dealkylation sites (tertiary alicyclic amines) is 1. The molecule has 0 saturated carbocycles. The van der Waals surface area contributed by atoms with E-state index >= 15 is 0 Å². The summed E-state index contributed by atoms with van der Waals surface area (Å²) in [6, 6.07) is -0.497. The van der Waals surface area contributed by atoms with Crippen LogP contribution in [-0.4, -0.2) is 41.5 Å². The molecule has 1 fully saturated rings. The molecule has 102 valence electrons. The molecule has 2 atom stereocenters. The fourth-order valence-electron chi connectivity index (χ4n) is 2.14. The molecule has 0 aromatic rings. The Morgan fingerprint density at radius 3 is 2.61 bits per heavy atom. The summed E-state index contributed by atoms with van der Waals surface area (Å²) < 4.78 is 4.72. The molecular weight excluding hydrogens is 252 g/mol. The number of amides is 1. The van der Waals surface area contributed by atoms with Crippen LogP contribution < -0.4 is 5.73 Å². The average Bonchev–Trinajstić information content (AvgIpc) is 2.84. The van der Waals surface area contributed by atoms with Crippen LogP contribution in [0.15, 0.2) is 0 Å². The molecule has 0 aliphatic carbocycles. The summed E-state index contributed by atoms with van der Waals surface area (Å²) in [5, 5.41) is 0. The standard InChI is InChI=1S/C12H20N2O3S/c1-4-12(2,10(13)18)11(16)14-7-5-6-8(14)9(15)17-3/h8H,4-7H2,1-3H3,(H2,13,18). The molecule has 1 rings (SSSR count). The highest BCUT2D eigenvalue weighted by molar-refractivity contribution is 7.80. The quantitative estimate of drug-likeness (QED) is 0.607. The second-order valence-corrected chi connectivity index (χ2v) is 5.17. The van der Waals surface area contributed by atoms with Gasteiger partial charge in [0.25, 0.3) is 0 Å². The van der Waals surface area contributed by atoms with Crippen molar-refractivity contribution in [3.63, 3.8) is 0 Å². The molecule has 18 heavy (non-hydrogen) atoms. The molecule has 0 aromatic carbocycles. The van der Waals surface area contributed by atoms with Gasteiger partial charge in [0.05, 0.1) is 17.5 Å². The molecular formula is C12H20N2O3S. The maximum absolute atomic E-state index is 12.5. The van der Waals surface area contributed by atoms with E-state index in [0.29, 0.717) is 19.4 Å². The van der Waals surface area contributed by atoms with Crippen molar-refractivity contribution in [2.45, 2.75) is 39.2 Å². The topological polar surface area (TPSA) is 72.6 Å². The SMILES string of the molecule is CCC(C)(C(=O)N1CCCC1C(=O)OC)C(N)=S. The smallest absolute Gasteiger partial charge is 0.328 e. The Morgan fingerprint density at radius 2 is 2.17 bits per heavy atom. The lowest BCUT2D eigenvalue weighted by atomic mass is 9.85. The molecule has 0 radical (unpaired) electrons. The maximum atomic E-state index is 12.5. The molecule has 5 nitrogen and oxygen atoms in total. The largest absolute Gasteiger partial charge is 0.467 e. The van der Waals surface area contributed by atoms with E-state index in [4.69, 9.17) is 22.7 Å². The predicted molar refractivity (Wildman–Crippen MR) is 71.9 cm³/mol. The number of hydrogen-bond donors (Lipinski definition) is 1. The van der Waals surface area contributed by atoms with Crippen LogP contribution in [0.25, 0.3) is 0 Å². The minimum absolute atomic E-state index is 0.172. The van der Waals surface area contributed by atoms with Crippen LogP contribution in [0.5, 0.6) is 0 Å². The maximum Gasteiger partial charge on any atom is 0.328 e. The van der Waals surface area contributed by atoms with Crippen LogP contribution in [0, 0.1) is 5.41 Å². The first-order chi connectivity index (χ1) is 8.38. The van der Waals surface area contributed by atoms with Gasteiger partial charge < -0.3 is 15.4 Å². The minimum Gasteiger partial charge on any atom is -0.467 e. The Kier molecular flexibility index (Phi) is 4.67. The lowest BCUT2D eigenvalue weighted by Crippen LogP contribution is -2.52. The predicted octanol–water partition coefficient (Wildman–Crippen LogP) is 0.853. The van der Waals surface area contributed by atoms with Crippen LogP contribution in [0.4, 0.5) is 0 Å². The van der Waals surface area contributed by atoms with Crippen molar-refractivity contribution >= 4 is 29.1 Å². The fourth-order valence-corrected chi connectivity index (χ4v) is 2.37. The van der Waals surface area contributed by atoms with Crippen molar-refractivity contribution in [3.8, 4) is 0 Å². The minimum atomic E-state index is -0.883. The van der Waals surface area contributed by atoms with E-state index in [1.807, 2.05) is 6.92 Å². The Morgan fingerprint density at radius 1 is 1.56 bits per heavy atom. The number of esters is 1. The lowest BCUT2D eigenvalue weighted by molar-refractivity contribution is -0.153. The molecule has 0 aromatic heterocycles. The van der Waals surface area contributed by atoms with Gasteiger partial charge in [-0.2, -0.15) is 0 Å². The number of nitrogens with zero attached hydrogens (tertiary/aromatic N) is 1. The van der Waals surface area contributed by atoms with E-state index in [9.17, 15) is 9.59 Å². The molecule has 0 bridgehead atoms. The first-order valence-corrected chi connectivity index (χ1v) is 6.48. The van der Waals surface area contributed by atoms with Gasteiger partial charge in [-0.25, -0.2) is 4.79 Å². The van der Waals surface area contributed by atoms with Gasteiger partial charge in [0.15, 0.2) is 0 Å². The van der Waals surface area contributed by atoms with Gasteiger partial charge in [0.1, 0.15) is 6.04 Å². The molecule has 6 heteroatoms. The van der Waals surface area contributed by atoms with Crippen molar-refractivity contribution in [1.82, 2.24) is 4.90 Å². The number of hydrogen-bond acceptors (Lipinski definition) is 4. The summed E-state index contributed by atoms with van der Waals surface area (Å²) in [6.07, 6.45) is 1.95. The number of rotatable bonds is 4. The number of nitrogens with two attached hydrogens (primary N) is 1. The number of methoxy groups -OCH3 is 1. The Hall–Kier alpha value is -1.17. The zero-order valence-electron chi connectivity index (χ0n) is 11.1. The van der Waals surface area contributed by atoms with E-state index in [2.05, 4.69) is 0 Å². The molecule has 1 heterocycles. The highest BCUT2D eigenvalue weighted by atomic mass is 32.1. The third-order valence-corrected chi connectivity index (χ3v) is 4.16. The van der Waals surface area contributed by atoms with Crippen LogP contribution >= 0.6 is 12.2 Å². The molecule has 1 aliphatic rings. The van der Waals surface area contributed by atoms with Gasteiger partial charge in [-0.1, -0.05) is 19.1 Å². The fraction of sp³-hybridized carbons (Fsp3) is 0.750. The van der Waals surface area contributed by atoms with Crippen molar-refractivity contribution < 1.29 is 14.3 Å². The Balaban J connectivity index is 2.95. The Bertz CT molecular complexity index is 372. The summed E-state index contributed by atoms with van der Waals surface area (Å²) in [5.74, 6) is -0.548. The second-order valence-electron chi connectivity index (χ2n) is 4.73. The third-order valence-electron chi connectivity index (χ3n) is 3.71. The van der Waals surface area contributed by atoms with Gasteiger partial charge >= 0.3 is 5.97 Å². The number of ether oxygens (including phenoxy) is 1. The number of thiocarbonyl (C=S) groups is 1. The molecule has 2 unspecified atom stereocenters. The van der Waals surface area contributed by atoms with E-state index in [1.54, 1.807) is 11.8 Å². The molecule has 1 saturated heterocycles. The summed E-state index contributed by atoms with van der Waals surface area (Å²) in [4.78, 5) is 25.9. The molecule has 1 amide bonds. The summed E-state index contributed by atoms with van der Waals surface area (Å²) >= 11 is 4.99. The first-order valence-electron chi connectivity index (χ1n) is 6.07. The van der Waals surface area contributed by atoms with Gasteiger partial charge in [-0.15, -0.1) is 0 Å². The van der Waals surface area contributed by atoms with Crippen LogP contribution in [0.3, 0.4) is 0 Å². The van der Waals surface area contributed by atoms with Gasteiger partial charge in [-0.05, 0) is 26.2 Å². The lowest BCUT2D eigenvalue weighted by Gasteiger charge is -2.33. The van der Waals surface area contributed by atoms with E-state index in [-0.39, 0.29) is 16.9 Å². The summed E-state index contributed by atoms with van der Waals surface area (Å²) in [7, 11) is 1.33. The van der Waals surface area contributed by atoms with Gasteiger partial charge in [-0.3, -0.25) is 4.79 Å². The monoisotopic (exact) mass is 272 g/mol. The Labute approximate surface area is 113 Å². The van der Waals surface area contributed by atoms with Crippen molar-refractivity contribution in [3.05, 3.63) is 0 Å². The highest BCUT2D eigenvalue weighted by Gasteiger charge is 2.44. The molecule has 0 spiro atoms. The first kappa shape index (κ1) is 14.9. The van der Waals surface area contributed by atoms with E-state index in [0.717, 1.165) is 6.42 Å².